The van der Waals surface area contributed by atoms with Crippen LogP contribution >= 0.6 is 0 Å². The van der Waals surface area contributed by atoms with Crippen molar-refractivity contribution in [1.82, 2.24) is 9.21 Å². The maximum absolute atomic E-state index is 13.2. The number of nitrogens with zero attached hydrogens (tertiary/aromatic N) is 2. The summed E-state index contributed by atoms with van der Waals surface area (Å²) in [7, 11) is -0.392. The van der Waals surface area contributed by atoms with Crippen molar-refractivity contribution in [3.63, 3.8) is 0 Å². The summed E-state index contributed by atoms with van der Waals surface area (Å²) < 4.78 is 49.8. The number of methoxy groups -OCH3 is 2. The number of hydrogen-bond donors (Lipinski definition) is 0. The van der Waals surface area contributed by atoms with Crippen molar-refractivity contribution in [3.8, 4) is 23.0 Å². The molecule has 1 saturated heterocycles. The molecule has 0 saturated carbocycles. The van der Waals surface area contributed by atoms with E-state index >= 15 is 0 Å². The first-order valence-corrected chi connectivity index (χ1v) is 12.2. The number of benzene rings is 2. The highest BCUT2D eigenvalue weighted by Crippen LogP contribution is 2.32. The van der Waals surface area contributed by atoms with E-state index in [1.165, 1.54) is 4.31 Å². The molecule has 8 nitrogen and oxygen atoms in total. The normalized spacial score (nSPS) is 15.4. The number of piperazine rings is 1. The van der Waals surface area contributed by atoms with Gasteiger partial charge in [0.25, 0.3) is 0 Å². The van der Waals surface area contributed by atoms with Crippen LogP contribution in [0.15, 0.2) is 41.3 Å². The Morgan fingerprint density at radius 1 is 0.781 bits per heavy atom. The van der Waals surface area contributed by atoms with Crippen LogP contribution in [-0.2, 0) is 16.6 Å². The van der Waals surface area contributed by atoms with E-state index in [0.717, 1.165) is 5.56 Å². The smallest absolute Gasteiger partial charge is 0.243 e. The van der Waals surface area contributed by atoms with Gasteiger partial charge in [-0.25, -0.2) is 8.42 Å². The molecule has 2 aromatic rings. The SMILES string of the molecule is CCOc1ccc(S(=O)(=O)N2CCN(Cc3ccc(OC)c(OC)c3)CC2)cc1OCC. The zero-order valence-corrected chi connectivity index (χ0v) is 20.0. The summed E-state index contributed by atoms with van der Waals surface area (Å²) in [6, 6.07) is 10.6. The van der Waals surface area contributed by atoms with Crippen LogP contribution in [0.25, 0.3) is 0 Å². The largest absolute Gasteiger partial charge is 0.493 e. The van der Waals surface area contributed by atoms with Crippen LogP contribution in [0.5, 0.6) is 23.0 Å². The van der Waals surface area contributed by atoms with Crippen LogP contribution in [0.1, 0.15) is 19.4 Å². The fourth-order valence-corrected chi connectivity index (χ4v) is 5.14. The number of ether oxygens (including phenoxy) is 4. The minimum Gasteiger partial charge on any atom is -0.493 e. The molecule has 1 heterocycles. The first-order chi connectivity index (χ1) is 15.4. The van der Waals surface area contributed by atoms with Crippen LogP contribution in [-0.4, -0.2) is 71.2 Å². The van der Waals surface area contributed by atoms with E-state index in [1.807, 2.05) is 32.0 Å². The van der Waals surface area contributed by atoms with E-state index in [1.54, 1.807) is 32.4 Å². The molecule has 1 aliphatic rings. The lowest BCUT2D eigenvalue weighted by Crippen LogP contribution is -2.48. The Labute approximate surface area is 190 Å². The van der Waals surface area contributed by atoms with Crippen LogP contribution < -0.4 is 18.9 Å². The third kappa shape index (κ3) is 5.46. The molecule has 0 spiro atoms. The van der Waals surface area contributed by atoms with Crippen molar-refractivity contribution in [1.29, 1.82) is 0 Å². The average Bonchev–Trinajstić information content (AvgIpc) is 2.80. The lowest BCUT2D eigenvalue weighted by atomic mass is 10.1. The summed E-state index contributed by atoms with van der Waals surface area (Å²) in [5.41, 5.74) is 1.09. The quantitative estimate of drug-likeness (QED) is 0.535. The van der Waals surface area contributed by atoms with Gasteiger partial charge >= 0.3 is 0 Å². The van der Waals surface area contributed by atoms with Crippen LogP contribution in [0.2, 0.25) is 0 Å². The van der Waals surface area contributed by atoms with E-state index in [4.69, 9.17) is 18.9 Å². The van der Waals surface area contributed by atoms with Crippen molar-refractivity contribution in [2.75, 3.05) is 53.6 Å². The minimum absolute atomic E-state index is 0.220. The van der Waals surface area contributed by atoms with Crippen LogP contribution in [0.4, 0.5) is 0 Å². The zero-order valence-electron chi connectivity index (χ0n) is 19.2. The fourth-order valence-electron chi connectivity index (χ4n) is 3.71. The second-order valence-electron chi connectivity index (χ2n) is 7.34. The lowest BCUT2D eigenvalue weighted by molar-refractivity contribution is 0.181. The maximum Gasteiger partial charge on any atom is 0.243 e. The molecule has 0 amide bonds. The van der Waals surface area contributed by atoms with E-state index in [9.17, 15) is 8.42 Å². The molecule has 0 aliphatic carbocycles. The molecule has 0 aromatic heterocycles. The molecule has 1 aliphatic heterocycles. The summed E-state index contributed by atoms with van der Waals surface area (Å²) in [6.07, 6.45) is 0. The lowest BCUT2D eigenvalue weighted by Gasteiger charge is -2.34. The molecule has 0 N–H and O–H groups in total. The van der Waals surface area contributed by atoms with E-state index in [0.29, 0.717) is 68.9 Å². The third-order valence-corrected chi connectivity index (χ3v) is 7.23. The van der Waals surface area contributed by atoms with Gasteiger partial charge < -0.3 is 18.9 Å². The molecular formula is C23H32N2O6S. The summed E-state index contributed by atoms with van der Waals surface area (Å²) in [5, 5.41) is 0. The monoisotopic (exact) mass is 464 g/mol. The fraction of sp³-hybridized carbons (Fsp3) is 0.478. The highest BCUT2D eigenvalue weighted by molar-refractivity contribution is 7.89. The molecule has 32 heavy (non-hydrogen) atoms. The maximum atomic E-state index is 13.2. The Kier molecular flexibility index (Phi) is 8.22. The van der Waals surface area contributed by atoms with Gasteiger partial charge in [-0.2, -0.15) is 4.31 Å². The highest BCUT2D eigenvalue weighted by Gasteiger charge is 2.29. The summed E-state index contributed by atoms with van der Waals surface area (Å²) in [6.45, 7) is 7.49. The molecule has 0 bridgehead atoms. The molecule has 0 atom stereocenters. The van der Waals surface area contributed by atoms with E-state index in [2.05, 4.69) is 4.90 Å². The second-order valence-corrected chi connectivity index (χ2v) is 9.28. The van der Waals surface area contributed by atoms with Gasteiger partial charge in [0.1, 0.15) is 0 Å². The molecule has 3 rings (SSSR count). The zero-order chi connectivity index (χ0) is 23.1. The number of sulfonamides is 1. The van der Waals surface area contributed by atoms with Crippen molar-refractivity contribution in [2.45, 2.75) is 25.3 Å². The van der Waals surface area contributed by atoms with Gasteiger partial charge in [0.2, 0.25) is 10.0 Å². The van der Waals surface area contributed by atoms with Gasteiger partial charge in [-0.1, -0.05) is 6.07 Å². The van der Waals surface area contributed by atoms with Gasteiger partial charge in [-0.3, -0.25) is 4.90 Å². The van der Waals surface area contributed by atoms with E-state index in [-0.39, 0.29) is 4.90 Å². The first-order valence-electron chi connectivity index (χ1n) is 10.8. The predicted molar refractivity (Wildman–Crippen MR) is 122 cm³/mol. The topological polar surface area (TPSA) is 77.5 Å². The number of hydrogen-bond acceptors (Lipinski definition) is 7. The van der Waals surface area contributed by atoms with Gasteiger partial charge in [-0.05, 0) is 43.7 Å². The number of rotatable bonds is 10. The molecule has 2 aromatic carbocycles. The summed E-state index contributed by atoms with van der Waals surface area (Å²) >= 11 is 0. The Bertz CT molecular complexity index is 1000. The van der Waals surface area contributed by atoms with Crippen molar-refractivity contribution in [2.24, 2.45) is 0 Å². The highest BCUT2D eigenvalue weighted by atomic mass is 32.2. The van der Waals surface area contributed by atoms with Gasteiger partial charge in [0.15, 0.2) is 23.0 Å². The molecule has 0 unspecified atom stereocenters. The molecule has 9 heteroatoms. The Hall–Kier alpha value is -2.49. The molecule has 0 radical (unpaired) electrons. The standard InChI is InChI=1S/C23H32N2O6S/c1-5-30-21-10-8-19(16-23(21)31-6-2)32(26,27)25-13-11-24(12-14-25)17-18-7-9-20(28-3)22(15-18)29-4/h7-10,15-16H,5-6,11-14,17H2,1-4H3. The molecule has 176 valence electrons. The molecular weight excluding hydrogens is 432 g/mol. The van der Waals surface area contributed by atoms with Crippen molar-refractivity contribution >= 4 is 10.0 Å². The minimum atomic E-state index is -3.62. The van der Waals surface area contributed by atoms with Gasteiger partial charge in [0, 0.05) is 38.8 Å². The second kappa shape index (κ2) is 10.9. The van der Waals surface area contributed by atoms with Crippen molar-refractivity contribution in [3.05, 3.63) is 42.0 Å². The van der Waals surface area contributed by atoms with Crippen LogP contribution in [0.3, 0.4) is 0 Å². The predicted octanol–water partition coefficient (Wildman–Crippen LogP) is 3.01. The summed E-state index contributed by atoms with van der Waals surface area (Å²) in [5.74, 6) is 2.37. The van der Waals surface area contributed by atoms with E-state index < -0.39 is 10.0 Å². The van der Waals surface area contributed by atoms with Gasteiger partial charge in [-0.15, -0.1) is 0 Å². The average molecular weight is 465 g/mol. The van der Waals surface area contributed by atoms with Crippen LogP contribution in [0, 0.1) is 0 Å². The first kappa shape index (κ1) is 24.2. The Morgan fingerprint density at radius 2 is 1.41 bits per heavy atom. The Morgan fingerprint density at radius 3 is 2.03 bits per heavy atom. The van der Waals surface area contributed by atoms with Gasteiger partial charge in [0.05, 0.1) is 32.3 Å². The van der Waals surface area contributed by atoms with Crippen molar-refractivity contribution < 1.29 is 27.4 Å². The third-order valence-electron chi connectivity index (χ3n) is 5.34. The molecule has 1 fully saturated rings. The summed E-state index contributed by atoms with van der Waals surface area (Å²) in [4.78, 5) is 2.45. The Balaban J connectivity index is 1.67.